The third-order valence-corrected chi connectivity index (χ3v) is 7.55. The normalized spacial score (nSPS) is 18.1. The molecule has 1 aliphatic rings. The fraction of sp³-hybridized carbons (Fsp3) is 0.600. The predicted octanol–water partition coefficient (Wildman–Crippen LogP) is 2.33. The Morgan fingerprint density at radius 1 is 1.36 bits per heavy atom. The Bertz CT molecular complexity index is 736. The first-order chi connectivity index (χ1) is 11.8. The van der Waals surface area contributed by atoms with Gasteiger partial charge in [-0.05, 0) is 19.9 Å². The Morgan fingerprint density at radius 2 is 2.00 bits per heavy atom. The van der Waals surface area contributed by atoms with E-state index in [1.165, 1.54) is 29.1 Å². The number of hydrogen-bond donors (Lipinski definition) is 0. The molecule has 0 aromatic carbocycles. The average molecular weight is 407 g/mol. The SMILES string of the molecule is CCOC(OCC)C1CSc2sc(S(=O)(=O)/N=C\N(C)C)cc2C1=O. The van der Waals surface area contributed by atoms with Crippen LogP contribution in [0.2, 0.25) is 0 Å². The van der Waals surface area contributed by atoms with Crippen molar-refractivity contribution in [1.29, 1.82) is 0 Å². The molecule has 0 fully saturated rings. The average Bonchev–Trinajstić information content (AvgIpc) is 2.99. The number of carbonyl (C=O) groups excluding carboxylic acids is 1. The molecule has 1 unspecified atom stereocenters. The zero-order chi connectivity index (χ0) is 18.6. The summed E-state index contributed by atoms with van der Waals surface area (Å²) in [6.07, 6.45) is 0.612. The fourth-order valence-electron chi connectivity index (χ4n) is 2.22. The third-order valence-electron chi connectivity index (χ3n) is 3.33. The van der Waals surface area contributed by atoms with Crippen molar-refractivity contribution in [2.45, 2.75) is 28.6 Å². The van der Waals surface area contributed by atoms with Crippen LogP contribution in [0, 0.1) is 5.92 Å². The topological polar surface area (TPSA) is 85.3 Å². The minimum atomic E-state index is -3.81. The molecule has 10 heteroatoms. The van der Waals surface area contributed by atoms with Gasteiger partial charge in [-0.15, -0.1) is 27.5 Å². The predicted molar refractivity (Wildman–Crippen MR) is 99.3 cm³/mol. The summed E-state index contributed by atoms with van der Waals surface area (Å²) in [5.41, 5.74) is 0.411. The van der Waals surface area contributed by atoms with Gasteiger partial charge in [-0.25, -0.2) is 0 Å². The largest absolute Gasteiger partial charge is 0.368 e. The third kappa shape index (κ3) is 4.82. The summed E-state index contributed by atoms with van der Waals surface area (Å²) in [6, 6.07) is 1.42. The molecule has 0 saturated heterocycles. The molecule has 0 spiro atoms. The number of nitrogens with zero attached hydrogens (tertiary/aromatic N) is 2. The summed E-state index contributed by atoms with van der Waals surface area (Å²) < 4.78 is 40.1. The summed E-state index contributed by atoms with van der Waals surface area (Å²) in [7, 11) is -0.444. The maximum Gasteiger partial charge on any atom is 0.293 e. The zero-order valence-corrected chi connectivity index (χ0v) is 17.0. The molecule has 2 heterocycles. The molecule has 0 aliphatic carbocycles. The van der Waals surface area contributed by atoms with Gasteiger partial charge >= 0.3 is 0 Å². The lowest BCUT2D eigenvalue weighted by molar-refractivity contribution is -0.153. The van der Waals surface area contributed by atoms with Gasteiger partial charge < -0.3 is 14.4 Å². The van der Waals surface area contributed by atoms with Gasteiger partial charge in [0, 0.05) is 38.6 Å². The van der Waals surface area contributed by atoms with Crippen LogP contribution in [0.4, 0.5) is 0 Å². The van der Waals surface area contributed by atoms with Crippen LogP contribution >= 0.6 is 23.1 Å². The second kappa shape index (κ2) is 8.63. The molecule has 1 aliphatic heterocycles. The molecule has 0 N–H and O–H groups in total. The first-order valence-corrected chi connectivity index (χ1v) is 11.0. The number of carbonyl (C=O) groups is 1. The number of ketones is 1. The smallest absolute Gasteiger partial charge is 0.293 e. The van der Waals surface area contributed by atoms with Crippen LogP contribution < -0.4 is 0 Å². The Labute approximate surface area is 156 Å². The standard InChI is InChI=1S/C15H22N2O5S3/c1-5-21-14(22-6-2)11-8-23-15-10(13(11)18)7-12(24-15)25(19,20)16-9-17(3)4/h7,9,11,14H,5-6,8H2,1-4H3/b16-9-. The molecule has 1 atom stereocenters. The van der Waals surface area contributed by atoms with Gasteiger partial charge in [0.1, 0.15) is 10.5 Å². The fourth-order valence-corrected chi connectivity index (χ4v) is 6.15. The molecule has 25 heavy (non-hydrogen) atoms. The lowest BCUT2D eigenvalue weighted by Crippen LogP contribution is -2.36. The van der Waals surface area contributed by atoms with E-state index in [0.717, 1.165) is 11.3 Å². The number of fused-ring (bicyclic) bond motifs is 1. The monoisotopic (exact) mass is 406 g/mol. The van der Waals surface area contributed by atoms with Gasteiger partial charge in [0.15, 0.2) is 12.1 Å². The Morgan fingerprint density at radius 3 is 2.56 bits per heavy atom. The van der Waals surface area contributed by atoms with Crippen molar-refractivity contribution in [1.82, 2.24) is 4.90 Å². The number of sulfonamides is 1. The Kier molecular flexibility index (Phi) is 7.03. The van der Waals surface area contributed by atoms with Gasteiger partial charge in [0.25, 0.3) is 10.0 Å². The second-order valence-electron chi connectivity index (χ2n) is 5.49. The quantitative estimate of drug-likeness (QED) is 0.372. The van der Waals surface area contributed by atoms with Crippen molar-refractivity contribution in [3.63, 3.8) is 0 Å². The Balaban J connectivity index is 2.29. The van der Waals surface area contributed by atoms with E-state index in [4.69, 9.17) is 9.47 Å². The molecule has 1 aromatic rings. The van der Waals surface area contributed by atoms with Crippen molar-refractivity contribution >= 4 is 45.2 Å². The molecule has 140 valence electrons. The van der Waals surface area contributed by atoms with Crippen LogP contribution in [0.25, 0.3) is 0 Å². The van der Waals surface area contributed by atoms with E-state index in [0.29, 0.717) is 28.7 Å². The number of Topliss-reactive ketones (excluding diaryl/α,β-unsaturated/α-hetero) is 1. The first kappa shape index (κ1) is 20.4. The van der Waals surface area contributed by atoms with Crippen LogP contribution in [0.15, 0.2) is 18.9 Å². The van der Waals surface area contributed by atoms with Gasteiger partial charge in [0.2, 0.25) is 0 Å². The van der Waals surface area contributed by atoms with Crippen LogP contribution in [0.5, 0.6) is 0 Å². The second-order valence-corrected chi connectivity index (χ2v) is 9.69. The van der Waals surface area contributed by atoms with Gasteiger partial charge in [-0.3, -0.25) is 4.79 Å². The molecular weight excluding hydrogens is 384 g/mol. The molecule has 0 amide bonds. The molecule has 7 nitrogen and oxygen atoms in total. The van der Waals surface area contributed by atoms with E-state index >= 15 is 0 Å². The number of rotatable bonds is 8. The van der Waals surface area contributed by atoms with E-state index in [2.05, 4.69) is 4.40 Å². The van der Waals surface area contributed by atoms with Crippen molar-refractivity contribution in [3.05, 3.63) is 11.6 Å². The highest BCUT2D eigenvalue weighted by Crippen LogP contribution is 2.42. The lowest BCUT2D eigenvalue weighted by Gasteiger charge is -2.27. The van der Waals surface area contributed by atoms with Crippen LogP contribution in [0.1, 0.15) is 24.2 Å². The minimum absolute atomic E-state index is 0.0708. The summed E-state index contributed by atoms with van der Waals surface area (Å²) in [4.78, 5) is 14.3. The van der Waals surface area contributed by atoms with Crippen molar-refractivity contribution in [2.24, 2.45) is 10.3 Å². The van der Waals surface area contributed by atoms with Crippen molar-refractivity contribution < 1.29 is 22.7 Å². The van der Waals surface area contributed by atoms with Gasteiger partial charge in [-0.2, -0.15) is 8.42 Å². The summed E-state index contributed by atoms with van der Waals surface area (Å²) in [5, 5.41) is 0. The van der Waals surface area contributed by atoms with Gasteiger partial charge in [-0.1, -0.05) is 0 Å². The van der Waals surface area contributed by atoms with E-state index < -0.39 is 22.2 Å². The maximum absolute atomic E-state index is 12.8. The van der Waals surface area contributed by atoms with Crippen LogP contribution in [-0.4, -0.2) is 64.8 Å². The van der Waals surface area contributed by atoms with E-state index in [9.17, 15) is 13.2 Å². The van der Waals surface area contributed by atoms with Crippen LogP contribution in [0.3, 0.4) is 0 Å². The van der Waals surface area contributed by atoms with Crippen LogP contribution in [-0.2, 0) is 19.5 Å². The summed E-state index contributed by atoms with van der Waals surface area (Å²) >= 11 is 2.53. The number of hydrogen-bond acceptors (Lipinski definition) is 7. The molecule has 1 aromatic heterocycles. The summed E-state index contributed by atoms with van der Waals surface area (Å²) in [6.45, 7) is 4.56. The number of ether oxygens (including phenoxy) is 2. The highest BCUT2D eigenvalue weighted by Gasteiger charge is 2.37. The van der Waals surface area contributed by atoms with E-state index in [-0.39, 0.29) is 9.99 Å². The number of thioether (sulfide) groups is 1. The van der Waals surface area contributed by atoms with Gasteiger partial charge in [0.05, 0.1) is 10.1 Å². The minimum Gasteiger partial charge on any atom is -0.368 e. The van der Waals surface area contributed by atoms with Crippen molar-refractivity contribution in [2.75, 3.05) is 33.1 Å². The van der Waals surface area contributed by atoms with E-state index in [1.807, 2.05) is 13.8 Å². The molecule has 2 rings (SSSR count). The highest BCUT2D eigenvalue weighted by molar-refractivity contribution is 8.01. The molecule has 0 bridgehead atoms. The highest BCUT2D eigenvalue weighted by atomic mass is 32.3. The molecule has 0 radical (unpaired) electrons. The zero-order valence-electron chi connectivity index (χ0n) is 14.6. The lowest BCUT2D eigenvalue weighted by atomic mass is 10.0. The maximum atomic E-state index is 12.8. The molecule has 0 saturated carbocycles. The first-order valence-electron chi connectivity index (χ1n) is 7.81. The number of thiophene rings is 1. The Hall–Kier alpha value is -0.940. The van der Waals surface area contributed by atoms with Crippen molar-refractivity contribution in [3.8, 4) is 0 Å². The van der Waals surface area contributed by atoms with E-state index in [1.54, 1.807) is 14.1 Å². The molecular formula is C15H22N2O5S3. The summed E-state index contributed by atoms with van der Waals surface area (Å²) in [5.74, 6) is -0.0972.